The van der Waals surface area contributed by atoms with Gasteiger partial charge in [0.1, 0.15) is 13.2 Å². The van der Waals surface area contributed by atoms with Crippen molar-refractivity contribution in [2.75, 3.05) is 40.9 Å². The number of carbonyl (C=O) groups is 1. The van der Waals surface area contributed by atoms with Crippen LogP contribution in [0.2, 0.25) is 0 Å². The molecule has 9 heteroatoms. The number of rotatable bonds is 50. The van der Waals surface area contributed by atoms with Crippen molar-refractivity contribution in [3.05, 3.63) is 36.5 Å². The fourth-order valence-corrected chi connectivity index (χ4v) is 8.74. The average molecular weight is 924 g/mol. The molecule has 0 fully saturated rings. The molecule has 0 rings (SSSR count). The van der Waals surface area contributed by atoms with Gasteiger partial charge in [0.05, 0.1) is 39.9 Å². The molecular weight excluding hydrogens is 816 g/mol. The van der Waals surface area contributed by atoms with Gasteiger partial charge in [-0.2, -0.15) is 0 Å². The van der Waals surface area contributed by atoms with E-state index in [4.69, 9.17) is 9.05 Å². The third-order valence-electron chi connectivity index (χ3n) is 12.3. The Morgan fingerprint density at radius 1 is 0.516 bits per heavy atom. The largest absolute Gasteiger partial charge is 0.472 e. The predicted molar refractivity (Wildman–Crippen MR) is 277 cm³/mol. The van der Waals surface area contributed by atoms with Crippen LogP contribution in [0.4, 0.5) is 0 Å². The zero-order valence-electron chi connectivity index (χ0n) is 43.0. The van der Waals surface area contributed by atoms with Gasteiger partial charge < -0.3 is 19.8 Å². The highest BCUT2D eigenvalue weighted by Crippen LogP contribution is 2.43. The van der Waals surface area contributed by atoms with Crippen LogP contribution in [0, 0.1) is 0 Å². The highest BCUT2D eigenvalue weighted by Gasteiger charge is 2.27. The first kappa shape index (κ1) is 62.7. The molecule has 0 aliphatic carbocycles. The van der Waals surface area contributed by atoms with Crippen LogP contribution < -0.4 is 5.32 Å². The summed E-state index contributed by atoms with van der Waals surface area (Å²) in [6.07, 6.45) is 59.9. The number of hydrogen-bond acceptors (Lipinski definition) is 5. The van der Waals surface area contributed by atoms with E-state index in [0.29, 0.717) is 17.4 Å². The number of allylic oxidation sites excluding steroid dienone is 5. The van der Waals surface area contributed by atoms with Gasteiger partial charge in [0.2, 0.25) is 5.91 Å². The zero-order chi connectivity index (χ0) is 47.1. The second kappa shape index (κ2) is 46.8. The zero-order valence-corrected chi connectivity index (χ0v) is 43.9. The molecule has 8 nitrogen and oxygen atoms in total. The quantitative estimate of drug-likeness (QED) is 0.0243. The van der Waals surface area contributed by atoms with Crippen molar-refractivity contribution in [3.8, 4) is 0 Å². The summed E-state index contributed by atoms with van der Waals surface area (Å²) in [5.41, 5.74) is 0. The highest BCUT2D eigenvalue weighted by molar-refractivity contribution is 7.47. The molecule has 0 aromatic rings. The highest BCUT2D eigenvalue weighted by atomic mass is 31.2. The summed E-state index contributed by atoms with van der Waals surface area (Å²) in [5, 5.41) is 13.8. The minimum absolute atomic E-state index is 0.0546. The molecule has 0 aromatic heterocycles. The Morgan fingerprint density at radius 3 is 1.31 bits per heavy atom. The number of amides is 1. The van der Waals surface area contributed by atoms with Crippen molar-refractivity contribution in [1.29, 1.82) is 0 Å². The van der Waals surface area contributed by atoms with E-state index in [1.54, 1.807) is 6.08 Å². The van der Waals surface area contributed by atoms with Gasteiger partial charge in [-0.05, 0) is 51.4 Å². The Bertz CT molecular complexity index is 1140. The molecule has 0 saturated heterocycles. The maximum absolute atomic E-state index is 12.8. The Balaban J connectivity index is 4.05. The third kappa shape index (κ3) is 48.6. The van der Waals surface area contributed by atoms with Crippen molar-refractivity contribution >= 4 is 13.7 Å². The molecule has 0 heterocycles. The summed E-state index contributed by atoms with van der Waals surface area (Å²) >= 11 is 0. The molecule has 378 valence electrons. The lowest BCUT2D eigenvalue weighted by Crippen LogP contribution is -2.45. The first-order valence-corrected chi connectivity index (χ1v) is 28.9. The molecule has 64 heavy (non-hydrogen) atoms. The maximum Gasteiger partial charge on any atom is 0.472 e. The lowest BCUT2D eigenvalue weighted by Gasteiger charge is -2.25. The molecule has 3 unspecified atom stereocenters. The summed E-state index contributed by atoms with van der Waals surface area (Å²) < 4.78 is 23.6. The van der Waals surface area contributed by atoms with Crippen LogP contribution in [0.1, 0.15) is 258 Å². The second-order valence-electron chi connectivity index (χ2n) is 19.9. The number of likely N-dealkylation sites (N-methyl/N-ethyl adjacent to an activating group) is 1. The lowest BCUT2D eigenvalue weighted by atomic mass is 10.0. The summed E-state index contributed by atoms with van der Waals surface area (Å²) in [6.45, 7) is 4.74. The van der Waals surface area contributed by atoms with Crippen LogP contribution in [-0.4, -0.2) is 73.4 Å². The molecule has 0 aliphatic rings. The first-order valence-electron chi connectivity index (χ1n) is 27.4. The molecule has 0 bridgehead atoms. The fourth-order valence-electron chi connectivity index (χ4n) is 8.00. The molecular formula is C55H108N2O6P+. The number of phosphoric acid groups is 1. The van der Waals surface area contributed by atoms with Crippen LogP contribution in [0.15, 0.2) is 36.5 Å². The van der Waals surface area contributed by atoms with E-state index in [1.807, 2.05) is 27.2 Å². The van der Waals surface area contributed by atoms with Crippen LogP contribution in [-0.2, 0) is 18.4 Å². The predicted octanol–water partition coefficient (Wildman–Crippen LogP) is 16.2. The molecule has 0 radical (unpaired) electrons. The monoisotopic (exact) mass is 924 g/mol. The van der Waals surface area contributed by atoms with Gasteiger partial charge in [0, 0.05) is 6.42 Å². The number of phosphoric ester groups is 1. The standard InChI is InChI=1S/C55H107N2O6P/c1-6-8-10-12-14-16-18-19-20-21-22-23-24-25-26-27-28-29-30-31-32-33-34-35-36-37-38-39-40-42-44-46-48-54(58)53(52-63-64(60,61)62-51-50-57(3,4)5)56-55(59)49-47-45-43-41-17-15-13-11-9-7-2/h11,13,39-40,46,48,53-54,58H,6-10,12,14-38,41-45,47,49-52H2,1-5H3,(H-,56,59,60,61)/p+1/b13-11-,40-39+,48-46+. The van der Waals surface area contributed by atoms with Crippen LogP contribution in [0.25, 0.3) is 0 Å². The molecule has 3 atom stereocenters. The van der Waals surface area contributed by atoms with E-state index in [2.05, 4.69) is 43.5 Å². The third-order valence-corrected chi connectivity index (χ3v) is 13.3. The van der Waals surface area contributed by atoms with Crippen molar-refractivity contribution < 1.29 is 32.9 Å². The topological polar surface area (TPSA) is 105 Å². The lowest BCUT2D eigenvalue weighted by molar-refractivity contribution is -0.870. The molecule has 1 amide bonds. The Kier molecular flexibility index (Phi) is 45.9. The molecule has 3 N–H and O–H groups in total. The molecule has 0 saturated carbocycles. The Hall–Kier alpha value is -1.28. The Morgan fingerprint density at radius 2 is 0.891 bits per heavy atom. The van der Waals surface area contributed by atoms with Crippen LogP contribution >= 0.6 is 7.82 Å². The number of aliphatic hydroxyl groups excluding tert-OH is 1. The van der Waals surface area contributed by atoms with Gasteiger partial charge in [-0.3, -0.25) is 13.8 Å². The minimum Gasteiger partial charge on any atom is -0.387 e. The number of unbranched alkanes of at least 4 members (excludes halogenated alkanes) is 33. The SMILES string of the molecule is CCC/C=C\CCCCCCCC(=O)NC(COP(=O)(O)OCC[N+](C)(C)C)C(O)/C=C/CC/C=C/CCCCCCCCCCCCCCCCCCCCCCCCCCCC. The van der Waals surface area contributed by atoms with E-state index in [1.165, 1.54) is 173 Å². The second-order valence-corrected chi connectivity index (χ2v) is 21.4. The number of carbonyl (C=O) groups excluding carboxylic acids is 1. The maximum atomic E-state index is 12.8. The summed E-state index contributed by atoms with van der Waals surface area (Å²) in [5.74, 6) is -0.198. The smallest absolute Gasteiger partial charge is 0.387 e. The molecule has 0 aliphatic heterocycles. The van der Waals surface area contributed by atoms with Crippen molar-refractivity contribution in [2.45, 2.75) is 270 Å². The van der Waals surface area contributed by atoms with E-state index in [9.17, 15) is 19.4 Å². The van der Waals surface area contributed by atoms with Gasteiger partial charge in [-0.1, -0.05) is 237 Å². The van der Waals surface area contributed by atoms with E-state index in [0.717, 1.165) is 64.2 Å². The van der Waals surface area contributed by atoms with E-state index in [-0.39, 0.29) is 19.1 Å². The summed E-state index contributed by atoms with van der Waals surface area (Å²) in [7, 11) is 1.55. The normalized spacial score (nSPS) is 14.3. The molecule has 0 spiro atoms. The molecule has 0 aromatic carbocycles. The summed E-state index contributed by atoms with van der Waals surface area (Å²) in [6, 6.07) is -0.866. The first-order chi connectivity index (χ1) is 31.0. The van der Waals surface area contributed by atoms with Gasteiger partial charge in [0.15, 0.2) is 0 Å². The van der Waals surface area contributed by atoms with E-state index < -0.39 is 20.0 Å². The van der Waals surface area contributed by atoms with E-state index >= 15 is 0 Å². The number of aliphatic hydroxyl groups is 1. The fraction of sp³-hybridized carbons (Fsp3) is 0.873. The average Bonchev–Trinajstić information content (AvgIpc) is 3.25. The number of nitrogens with zero attached hydrogens (tertiary/aromatic N) is 1. The van der Waals surface area contributed by atoms with Gasteiger partial charge >= 0.3 is 7.82 Å². The van der Waals surface area contributed by atoms with Crippen molar-refractivity contribution in [2.24, 2.45) is 0 Å². The summed E-state index contributed by atoms with van der Waals surface area (Å²) in [4.78, 5) is 23.1. The Labute approximate surface area is 397 Å². The number of quaternary nitrogens is 1. The minimum atomic E-state index is -4.35. The van der Waals surface area contributed by atoms with Crippen LogP contribution in [0.5, 0.6) is 0 Å². The van der Waals surface area contributed by atoms with Crippen molar-refractivity contribution in [3.63, 3.8) is 0 Å². The number of hydrogen-bond donors (Lipinski definition) is 3. The van der Waals surface area contributed by atoms with Gasteiger partial charge in [0.25, 0.3) is 0 Å². The van der Waals surface area contributed by atoms with Crippen LogP contribution in [0.3, 0.4) is 0 Å². The van der Waals surface area contributed by atoms with Gasteiger partial charge in [-0.25, -0.2) is 4.57 Å². The number of nitrogens with one attached hydrogen (secondary N) is 1. The van der Waals surface area contributed by atoms with Crippen molar-refractivity contribution in [1.82, 2.24) is 5.32 Å². The van der Waals surface area contributed by atoms with Gasteiger partial charge in [-0.15, -0.1) is 0 Å².